The molecule has 5 rings (SSSR count). The number of fused-ring (bicyclic) bond motifs is 1. The topological polar surface area (TPSA) is 77.3 Å². The van der Waals surface area contributed by atoms with Crippen LogP contribution in [-0.2, 0) is 20.9 Å². The number of hydrogen-bond donors (Lipinski definition) is 0. The fourth-order valence-corrected chi connectivity index (χ4v) is 5.12. The molecule has 0 unspecified atom stereocenters. The summed E-state index contributed by atoms with van der Waals surface area (Å²) in [5, 5.41) is 5.55. The molecule has 0 radical (unpaired) electrons. The lowest BCUT2D eigenvalue weighted by atomic mass is 9.88. The van der Waals surface area contributed by atoms with Crippen LogP contribution in [0.3, 0.4) is 0 Å². The lowest BCUT2D eigenvalue weighted by molar-refractivity contribution is -0.134. The van der Waals surface area contributed by atoms with Crippen molar-refractivity contribution < 1.29 is 14.3 Å². The monoisotopic (exact) mass is 508 g/mol. The number of aryl methyl sites for hydroxylation is 1. The number of carbonyl (C=O) groups excluding carboxylic acids is 2. The van der Waals surface area contributed by atoms with E-state index in [-0.39, 0.29) is 11.8 Å². The number of ether oxygens (including phenoxy) is 1. The van der Waals surface area contributed by atoms with E-state index in [1.54, 1.807) is 6.08 Å². The van der Waals surface area contributed by atoms with E-state index in [4.69, 9.17) is 4.74 Å². The van der Waals surface area contributed by atoms with Crippen molar-refractivity contribution in [3.8, 4) is 5.82 Å². The molecule has 0 saturated heterocycles. The van der Waals surface area contributed by atoms with E-state index in [2.05, 4.69) is 10.1 Å². The van der Waals surface area contributed by atoms with Gasteiger partial charge in [0.05, 0.1) is 25.4 Å². The van der Waals surface area contributed by atoms with Gasteiger partial charge in [-0.15, -0.1) is 0 Å². The van der Waals surface area contributed by atoms with E-state index in [9.17, 15) is 9.59 Å². The first kappa shape index (κ1) is 25.4. The molecule has 2 aromatic heterocycles. The van der Waals surface area contributed by atoms with E-state index < -0.39 is 5.97 Å². The number of rotatable bonds is 7. The number of aromatic nitrogens is 3. The third kappa shape index (κ3) is 5.67. The minimum absolute atomic E-state index is 0.0148. The molecule has 38 heavy (non-hydrogen) atoms. The third-order valence-electron chi connectivity index (χ3n) is 7.07. The normalized spacial score (nSPS) is 14.2. The molecule has 1 aliphatic carbocycles. The highest BCUT2D eigenvalue weighted by molar-refractivity contribution is 5.95. The van der Waals surface area contributed by atoms with Crippen LogP contribution in [0.1, 0.15) is 48.8 Å². The van der Waals surface area contributed by atoms with Crippen LogP contribution in [0.2, 0.25) is 0 Å². The van der Waals surface area contributed by atoms with Crippen molar-refractivity contribution in [1.82, 2.24) is 14.8 Å². The summed E-state index contributed by atoms with van der Waals surface area (Å²) in [6, 6.07) is 17.9. The maximum atomic E-state index is 13.8. The molecule has 2 heterocycles. The number of benzene rings is 2. The largest absolute Gasteiger partial charge is 0.466 e. The highest BCUT2D eigenvalue weighted by atomic mass is 16.5. The molecule has 1 aliphatic rings. The van der Waals surface area contributed by atoms with Gasteiger partial charge in [0.25, 0.3) is 0 Å². The average molecular weight is 509 g/mol. The Hall–Kier alpha value is -4.26. The molecule has 0 aliphatic heterocycles. The van der Waals surface area contributed by atoms with Crippen LogP contribution < -0.4 is 4.90 Å². The van der Waals surface area contributed by atoms with Gasteiger partial charge in [-0.25, -0.2) is 14.5 Å². The number of anilines is 1. The second-order valence-electron chi connectivity index (χ2n) is 9.86. The number of amides is 1. The SMILES string of the molecule is COC(=O)/C=C/c1cc(C)cc(N(Cc2ccc(-n3ncc4ccccc43)nc2)C(=O)C2CCCCC2)c1. The van der Waals surface area contributed by atoms with Crippen molar-refractivity contribution in [1.29, 1.82) is 0 Å². The number of nitrogens with zero attached hydrogens (tertiary/aromatic N) is 4. The minimum Gasteiger partial charge on any atom is -0.466 e. The second-order valence-corrected chi connectivity index (χ2v) is 9.86. The van der Waals surface area contributed by atoms with Crippen LogP contribution in [0, 0.1) is 12.8 Å². The van der Waals surface area contributed by atoms with Gasteiger partial charge in [0.15, 0.2) is 5.82 Å². The summed E-state index contributed by atoms with van der Waals surface area (Å²) in [6.45, 7) is 2.40. The van der Waals surface area contributed by atoms with Gasteiger partial charge in [-0.2, -0.15) is 5.10 Å². The maximum absolute atomic E-state index is 13.8. The van der Waals surface area contributed by atoms with Crippen molar-refractivity contribution >= 4 is 34.5 Å². The molecular weight excluding hydrogens is 476 g/mol. The van der Waals surface area contributed by atoms with Crippen LogP contribution in [-0.4, -0.2) is 33.8 Å². The number of para-hydroxylation sites is 1. The summed E-state index contributed by atoms with van der Waals surface area (Å²) in [4.78, 5) is 32.0. The molecule has 1 saturated carbocycles. The molecular formula is C31H32N4O3. The van der Waals surface area contributed by atoms with E-state index >= 15 is 0 Å². The first-order valence-electron chi connectivity index (χ1n) is 13.1. The first-order valence-corrected chi connectivity index (χ1v) is 13.1. The number of methoxy groups -OCH3 is 1. The van der Waals surface area contributed by atoms with Crippen molar-refractivity contribution in [3.05, 3.63) is 89.8 Å². The fourth-order valence-electron chi connectivity index (χ4n) is 5.12. The lowest BCUT2D eigenvalue weighted by Gasteiger charge is -2.30. The highest BCUT2D eigenvalue weighted by Crippen LogP contribution is 2.30. The summed E-state index contributed by atoms with van der Waals surface area (Å²) in [7, 11) is 1.35. The fraction of sp³-hybridized carbons (Fsp3) is 0.290. The molecule has 1 fully saturated rings. The zero-order valence-corrected chi connectivity index (χ0v) is 21.8. The third-order valence-corrected chi connectivity index (χ3v) is 7.07. The Labute approximate surface area is 222 Å². The summed E-state index contributed by atoms with van der Waals surface area (Å²) in [5.41, 5.74) is 4.59. The van der Waals surface area contributed by atoms with Crippen LogP contribution in [0.4, 0.5) is 5.69 Å². The van der Waals surface area contributed by atoms with Gasteiger partial charge in [0, 0.05) is 29.3 Å². The summed E-state index contributed by atoms with van der Waals surface area (Å²) in [6.07, 6.45) is 12.0. The lowest BCUT2D eigenvalue weighted by Crippen LogP contribution is -2.36. The van der Waals surface area contributed by atoms with Gasteiger partial charge in [0.2, 0.25) is 5.91 Å². The highest BCUT2D eigenvalue weighted by Gasteiger charge is 2.27. The van der Waals surface area contributed by atoms with Gasteiger partial charge in [-0.3, -0.25) is 4.79 Å². The number of esters is 1. The van der Waals surface area contributed by atoms with Crippen molar-refractivity contribution in [3.63, 3.8) is 0 Å². The molecule has 194 valence electrons. The van der Waals surface area contributed by atoms with Crippen molar-refractivity contribution in [2.45, 2.75) is 45.6 Å². The molecule has 7 heteroatoms. The predicted molar refractivity (Wildman–Crippen MR) is 149 cm³/mol. The van der Waals surface area contributed by atoms with E-state index in [1.165, 1.54) is 19.6 Å². The molecule has 0 N–H and O–H groups in total. The van der Waals surface area contributed by atoms with E-state index in [0.29, 0.717) is 6.54 Å². The zero-order valence-electron chi connectivity index (χ0n) is 21.8. The standard InChI is InChI=1S/C31H32N4O3/c1-22-16-23(13-15-30(36)38-2)18-27(17-22)34(31(37)25-8-4-3-5-9-25)21-24-12-14-29(32-19-24)35-28-11-7-6-10-26(28)20-33-35/h6-7,10-20,25H,3-5,8-9,21H2,1-2H3/b15-13+. The van der Waals surface area contributed by atoms with E-state index in [0.717, 1.165) is 64.8 Å². The van der Waals surface area contributed by atoms with Gasteiger partial charge in [0.1, 0.15) is 0 Å². The Morgan fingerprint density at radius 2 is 1.87 bits per heavy atom. The number of hydrogen-bond acceptors (Lipinski definition) is 5. The Morgan fingerprint density at radius 3 is 2.63 bits per heavy atom. The Balaban J connectivity index is 1.45. The van der Waals surface area contributed by atoms with E-state index in [1.807, 2.05) is 83.5 Å². The molecule has 7 nitrogen and oxygen atoms in total. The zero-order chi connectivity index (χ0) is 26.5. The smallest absolute Gasteiger partial charge is 0.330 e. The van der Waals surface area contributed by atoms with Gasteiger partial charge < -0.3 is 9.64 Å². The van der Waals surface area contributed by atoms with Gasteiger partial charge in [-0.05, 0) is 66.8 Å². The van der Waals surface area contributed by atoms with Crippen LogP contribution in [0.15, 0.2) is 73.1 Å². The average Bonchev–Trinajstić information content (AvgIpc) is 3.39. The molecule has 0 spiro atoms. The van der Waals surface area contributed by atoms with Gasteiger partial charge in [-0.1, -0.05) is 49.6 Å². The Morgan fingerprint density at radius 1 is 1.05 bits per heavy atom. The Kier molecular flexibility index (Phi) is 7.63. The molecule has 4 aromatic rings. The first-order chi connectivity index (χ1) is 18.5. The van der Waals surface area contributed by atoms with Crippen LogP contribution >= 0.6 is 0 Å². The predicted octanol–water partition coefficient (Wildman–Crippen LogP) is 6.03. The Bertz CT molecular complexity index is 1470. The summed E-state index contributed by atoms with van der Waals surface area (Å²) < 4.78 is 6.56. The molecule has 0 bridgehead atoms. The molecule has 1 amide bonds. The minimum atomic E-state index is -0.417. The summed E-state index contributed by atoms with van der Waals surface area (Å²) in [5.74, 6) is 0.464. The number of carbonyl (C=O) groups is 2. The quantitative estimate of drug-likeness (QED) is 0.225. The van der Waals surface area contributed by atoms with Crippen LogP contribution in [0.5, 0.6) is 0 Å². The van der Waals surface area contributed by atoms with Crippen molar-refractivity contribution in [2.24, 2.45) is 5.92 Å². The number of pyridine rings is 1. The molecule has 0 atom stereocenters. The second kappa shape index (κ2) is 11.4. The maximum Gasteiger partial charge on any atom is 0.330 e. The molecule has 2 aromatic carbocycles. The van der Waals surface area contributed by atoms with Crippen LogP contribution in [0.25, 0.3) is 22.8 Å². The van der Waals surface area contributed by atoms with Gasteiger partial charge >= 0.3 is 5.97 Å². The van der Waals surface area contributed by atoms with Crippen molar-refractivity contribution in [2.75, 3.05) is 12.0 Å². The summed E-state index contributed by atoms with van der Waals surface area (Å²) >= 11 is 0.